The second-order valence-electron chi connectivity index (χ2n) is 4.82. The van der Waals surface area contributed by atoms with Gasteiger partial charge in [0, 0.05) is 18.2 Å². The van der Waals surface area contributed by atoms with Gasteiger partial charge in [-0.05, 0) is 18.6 Å². The van der Waals surface area contributed by atoms with Crippen molar-refractivity contribution in [2.75, 3.05) is 11.9 Å². The van der Waals surface area contributed by atoms with Gasteiger partial charge in [0.05, 0.1) is 15.5 Å². The van der Waals surface area contributed by atoms with Crippen LogP contribution in [-0.4, -0.2) is 22.4 Å². The van der Waals surface area contributed by atoms with E-state index in [2.05, 4.69) is 5.32 Å². The Bertz CT molecular complexity index is 806. The lowest BCUT2D eigenvalue weighted by Gasteiger charge is -2.09. The van der Waals surface area contributed by atoms with Gasteiger partial charge in [0.2, 0.25) is 0 Å². The molecule has 9 heteroatoms. The van der Waals surface area contributed by atoms with E-state index < -0.39 is 22.4 Å². The van der Waals surface area contributed by atoms with Crippen LogP contribution in [0.5, 0.6) is 5.75 Å². The molecule has 0 saturated heterocycles. The molecule has 2 aromatic carbocycles. The van der Waals surface area contributed by atoms with Crippen LogP contribution in [0.1, 0.15) is 5.56 Å². The molecule has 0 aliphatic rings. The third-order valence-electron chi connectivity index (χ3n) is 3.13. The van der Waals surface area contributed by atoms with Gasteiger partial charge in [0.1, 0.15) is 0 Å². The monoisotopic (exact) mass is 331 g/mol. The Morgan fingerprint density at radius 2 is 1.83 bits per heavy atom. The normalized spacial score (nSPS) is 10.0. The molecule has 0 unspecified atom stereocenters. The maximum absolute atomic E-state index is 11.9. The van der Waals surface area contributed by atoms with Crippen LogP contribution in [0.3, 0.4) is 0 Å². The highest BCUT2D eigenvalue weighted by Gasteiger charge is 2.16. The topological polar surface area (TPSA) is 125 Å². The third-order valence-corrected chi connectivity index (χ3v) is 3.13. The van der Waals surface area contributed by atoms with Crippen LogP contribution in [0.4, 0.5) is 17.1 Å². The molecule has 0 saturated carbocycles. The van der Waals surface area contributed by atoms with Crippen molar-refractivity contribution < 1.29 is 19.4 Å². The first-order valence-electron chi connectivity index (χ1n) is 6.79. The first-order chi connectivity index (χ1) is 11.4. The minimum atomic E-state index is -0.613. The van der Waals surface area contributed by atoms with Gasteiger partial charge in [-0.1, -0.05) is 18.2 Å². The fourth-order valence-electron chi connectivity index (χ4n) is 1.92. The molecule has 0 fully saturated rings. The minimum absolute atomic E-state index is 0.0339. The zero-order chi connectivity index (χ0) is 17.7. The van der Waals surface area contributed by atoms with E-state index in [-0.39, 0.29) is 22.8 Å². The van der Waals surface area contributed by atoms with Crippen molar-refractivity contribution in [3.05, 3.63) is 68.3 Å². The summed E-state index contributed by atoms with van der Waals surface area (Å²) in [5, 5.41) is 24.1. The summed E-state index contributed by atoms with van der Waals surface area (Å²) in [5.41, 5.74) is 0.507. The summed E-state index contributed by atoms with van der Waals surface area (Å²) in [7, 11) is 0. The molecule has 0 aliphatic heterocycles. The summed E-state index contributed by atoms with van der Waals surface area (Å²) in [4.78, 5) is 32.4. The lowest BCUT2D eigenvalue weighted by Crippen LogP contribution is -2.21. The van der Waals surface area contributed by atoms with E-state index in [0.717, 1.165) is 0 Å². The number of carbonyl (C=O) groups is 1. The van der Waals surface area contributed by atoms with E-state index in [1.165, 1.54) is 36.4 Å². The van der Waals surface area contributed by atoms with Crippen molar-refractivity contribution in [2.45, 2.75) is 6.92 Å². The molecule has 1 N–H and O–H groups in total. The molecule has 0 aromatic heterocycles. The molecule has 24 heavy (non-hydrogen) atoms. The Labute approximate surface area is 136 Å². The summed E-state index contributed by atoms with van der Waals surface area (Å²) in [5.74, 6) is -0.620. The lowest BCUT2D eigenvalue weighted by atomic mass is 10.2. The Morgan fingerprint density at radius 3 is 2.50 bits per heavy atom. The number of para-hydroxylation sites is 2. The van der Waals surface area contributed by atoms with E-state index in [1.54, 1.807) is 13.0 Å². The molecular formula is C15H13N3O6. The van der Waals surface area contributed by atoms with Crippen LogP contribution in [0, 0.1) is 27.2 Å². The predicted molar refractivity (Wildman–Crippen MR) is 85.1 cm³/mol. The Hall–Kier alpha value is -3.49. The van der Waals surface area contributed by atoms with Gasteiger partial charge in [0.15, 0.2) is 12.4 Å². The van der Waals surface area contributed by atoms with Crippen LogP contribution in [0.15, 0.2) is 42.5 Å². The third kappa shape index (κ3) is 4.03. The number of rotatable bonds is 6. The average molecular weight is 331 g/mol. The van der Waals surface area contributed by atoms with E-state index >= 15 is 0 Å². The second-order valence-corrected chi connectivity index (χ2v) is 4.82. The van der Waals surface area contributed by atoms with Crippen LogP contribution in [0.25, 0.3) is 0 Å². The van der Waals surface area contributed by atoms with Gasteiger partial charge >= 0.3 is 5.69 Å². The largest absolute Gasteiger partial charge is 0.477 e. The highest BCUT2D eigenvalue weighted by molar-refractivity contribution is 5.93. The molecule has 0 aliphatic carbocycles. The van der Waals surface area contributed by atoms with Crippen LogP contribution in [-0.2, 0) is 4.79 Å². The minimum Gasteiger partial charge on any atom is -0.477 e. The molecule has 124 valence electrons. The number of amides is 1. The quantitative estimate of drug-likeness (QED) is 0.641. The Balaban J connectivity index is 2.06. The molecule has 2 aromatic rings. The van der Waals surface area contributed by atoms with Crippen LogP contribution >= 0.6 is 0 Å². The molecule has 0 atom stereocenters. The lowest BCUT2D eigenvalue weighted by molar-refractivity contribution is -0.385. The van der Waals surface area contributed by atoms with Crippen molar-refractivity contribution in [2.24, 2.45) is 0 Å². The number of carbonyl (C=O) groups excluding carboxylic acids is 1. The number of benzene rings is 2. The van der Waals surface area contributed by atoms with E-state index in [1.807, 2.05) is 0 Å². The van der Waals surface area contributed by atoms with E-state index in [0.29, 0.717) is 5.56 Å². The van der Waals surface area contributed by atoms with Gasteiger partial charge in [0.25, 0.3) is 11.6 Å². The number of ether oxygens (including phenoxy) is 1. The van der Waals surface area contributed by atoms with Gasteiger partial charge < -0.3 is 10.1 Å². The average Bonchev–Trinajstić information content (AvgIpc) is 2.55. The number of nitro groups is 2. The van der Waals surface area contributed by atoms with Gasteiger partial charge in [-0.15, -0.1) is 0 Å². The maximum Gasteiger partial charge on any atom is 0.310 e. The van der Waals surface area contributed by atoms with Crippen LogP contribution < -0.4 is 10.1 Å². The number of hydrogen-bond acceptors (Lipinski definition) is 6. The van der Waals surface area contributed by atoms with Gasteiger partial charge in [-0.2, -0.15) is 0 Å². The first-order valence-corrected chi connectivity index (χ1v) is 6.79. The fourth-order valence-corrected chi connectivity index (χ4v) is 1.92. The van der Waals surface area contributed by atoms with Crippen molar-refractivity contribution >= 4 is 23.0 Å². The van der Waals surface area contributed by atoms with Crippen molar-refractivity contribution in [1.29, 1.82) is 0 Å². The molecule has 9 nitrogen and oxygen atoms in total. The number of nitrogens with one attached hydrogen (secondary N) is 1. The van der Waals surface area contributed by atoms with E-state index in [9.17, 15) is 25.0 Å². The number of anilines is 1. The molecular weight excluding hydrogens is 318 g/mol. The summed E-state index contributed by atoms with van der Waals surface area (Å²) < 4.78 is 5.16. The summed E-state index contributed by atoms with van der Waals surface area (Å²) in [6.45, 7) is 1.22. The number of aryl methyl sites for hydroxylation is 1. The molecule has 0 spiro atoms. The van der Waals surface area contributed by atoms with Crippen molar-refractivity contribution in [3.8, 4) is 5.75 Å². The standard InChI is InChI=1S/C15H13N3O6/c1-10-6-7-11(17(20)21)8-12(10)16-15(19)9-24-14-5-3-2-4-13(14)18(22)23/h2-8H,9H2,1H3,(H,16,19). The summed E-state index contributed by atoms with van der Waals surface area (Å²) >= 11 is 0. The number of nitro benzene ring substituents is 2. The number of nitrogens with zero attached hydrogens (tertiary/aromatic N) is 2. The first kappa shape index (κ1) is 16.9. The molecule has 0 heterocycles. The summed E-state index contributed by atoms with van der Waals surface area (Å²) in [6.07, 6.45) is 0. The van der Waals surface area contributed by atoms with Gasteiger partial charge in [-0.3, -0.25) is 25.0 Å². The van der Waals surface area contributed by atoms with E-state index in [4.69, 9.17) is 4.74 Å². The van der Waals surface area contributed by atoms with Crippen molar-refractivity contribution in [3.63, 3.8) is 0 Å². The molecule has 2 rings (SSSR count). The SMILES string of the molecule is Cc1ccc([N+](=O)[O-])cc1NC(=O)COc1ccccc1[N+](=O)[O-]. The summed E-state index contributed by atoms with van der Waals surface area (Å²) in [6, 6.07) is 9.74. The number of non-ortho nitro benzene ring substituents is 1. The maximum atomic E-state index is 11.9. The fraction of sp³-hybridized carbons (Fsp3) is 0.133. The highest BCUT2D eigenvalue weighted by atomic mass is 16.6. The molecule has 0 radical (unpaired) electrons. The smallest absolute Gasteiger partial charge is 0.310 e. The highest BCUT2D eigenvalue weighted by Crippen LogP contribution is 2.26. The van der Waals surface area contributed by atoms with Crippen LogP contribution in [0.2, 0.25) is 0 Å². The van der Waals surface area contributed by atoms with Crippen molar-refractivity contribution in [1.82, 2.24) is 0 Å². The zero-order valence-electron chi connectivity index (χ0n) is 12.6. The zero-order valence-corrected chi connectivity index (χ0v) is 12.6. The molecule has 0 bridgehead atoms. The predicted octanol–water partition coefficient (Wildman–Crippen LogP) is 2.83. The second kappa shape index (κ2) is 7.18. The number of hydrogen-bond donors (Lipinski definition) is 1. The molecule has 1 amide bonds. The Kier molecular flexibility index (Phi) is 5.05. The Morgan fingerprint density at radius 1 is 1.12 bits per heavy atom. The van der Waals surface area contributed by atoms with Gasteiger partial charge in [-0.25, -0.2) is 0 Å².